The van der Waals surface area contributed by atoms with Gasteiger partial charge in [0.2, 0.25) is 0 Å². The van der Waals surface area contributed by atoms with E-state index in [0.29, 0.717) is 0 Å². The van der Waals surface area contributed by atoms with Gasteiger partial charge in [0.15, 0.2) is 0 Å². The summed E-state index contributed by atoms with van der Waals surface area (Å²) in [5, 5.41) is 10.0. The third-order valence-electron chi connectivity index (χ3n) is 22.6. The van der Waals surface area contributed by atoms with Gasteiger partial charge in [0.25, 0.3) is 0 Å². The summed E-state index contributed by atoms with van der Waals surface area (Å²) in [5.74, 6) is 0. The summed E-state index contributed by atoms with van der Waals surface area (Å²) in [5.41, 5.74) is 30.0. The van der Waals surface area contributed by atoms with Gasteiger partial charge in [-0.05, 0) is 242 Å². The van der Waals surface area contributed by atoms with Gasteiger partial charge in [0, 0.05) is 105 Å². The van der Waals surface area contributed by atoms with Crippen LogP contribution in [0.3, 0.4) is 0 Å². The highest BCUT2D eigenvalue weighted by molar-refractivity contribution is 6.14. The molecule has 21 rings (SSSR count). The lowest BCUT2D eigenvalue weighted by Crippen LogP contribution is -2.08. The van der Waals surface area contributed by atoms with E-state index in [0.717, 1.165) is 5.69 Å². The van der Waals surface area contributed by atoms with E-state index in [9.17, 15) is 0 Å². The van der Waals surface area contributed by atoms with Gasteiger partial charge < -0.3 is 28.4 Å². The molecule has 0 saturated carbocycles. The van der Waals surface area contributed by atoms with Crippen molar-refractivity contribution in [1.82, 2.24) is 13.7 Å². The standard InChI is InChI=1S/2C37H28N2.C35H26N2/c1-38(31-16-7-3-8-17-31)33-21-23-37-35(26-33)34-25-30(20-22-36(34)39(37)32-18-9-4-10-19-32)29-15-11-14-28(24-29)27-12-5-2-6-13-27;1-38(31-13-7-3-8-14-31)33-22-24-37-35(26-33)34-25-30(21-23-36(34)39(37)32-15-9-4-10-16-32)29-19-17-28(18-20-29)27-11-5-2-6-12-27;1-36(29-12-4-2-5-13-29)31-19-21-35-33(24-31)32-23-28(27-17-16-25-10-8-9-11-26(25)22-27)18-20-34(32)37(35)30-14-6-3-7-15-30/h2*2-26H,1H3;2-24H,1H3. The van der Waals surface area contributed by atoms with Crippen LogP contribution in [-0.2, 0) is 0 Å². The number of hydrogen-bond acceptors (Lipinski definition) is 3. The highest BCUT2D eigenvalue weighted by atomic mass is 15.1. The first-order valence-corrected chi connectivity index (χ1v) is 39.4. The Balaban J connectivity index is 0.000000115. The molecule has 0 aliphatic rings. The zero-order valence-corrected chi connectivity index (χ0v) is 64.3. The maximum atomic E-state index is 2.38. The fraction of sp³-hybridized carbons (Fsp3) is 0.0275. The topological polar surface area (TPSA) is 24.5 Å². The quantitative estimate of drug-likeness (QED) is 0.108. The van der Waals surface area contributed by atoms with E-state index in [-0.39, 0.29) is 0 Å². The van der Waals surface area contributed by atoms with Crippen LogP contribution in [0.5, 0.6) is 0 Å². The second kappa shape index (κ2) is 31.1. The van der Waals surface area contributed by atoms with Gasteiger partial charge in [0.05, 0.1) is 33.1 Å². The highest BCUT2D eigenvalue weighted by Gasteiger charge is 2.21. The number of anilines is 6. The Morgan fingerprint density at radius 2 is 0.374 bits per heavy atom. The normalized spacial score (nSPS) is 11.3. The minimum atomic E-state index is 1.16. The molecule has 0 radical (unpaired) electrons. The van der Waals surface area contributed by atoms with Crippen LogP contribution >= 0.6 is 0 Å². The van der Waals surface area contributed by atoms with Crippen molar-refractivity contribution >= 4 is 110 Å². The van der Waals surface area contributed by atoms with Crippen LogP contribution in [-0.4, -0.2) is 34.8 Å². The Morgan fingerprint density at radius 3 is 0.739 bits per heavy atom. The van der Waals surface area contributed by atoms with Crippen molar-refractivity contribution in [3.8, 4) is 72.7 Å². The maximum Gasteiger partial charge on any atom is 0.0542 e. The van der Waals surface area contributed by atoms with E-state index in [4.69, 9.17) is 0 Å². The molecule has 0 spiro atoms. The van der Waals surface area contributed by atoms with Crippen molar-refractivity contribution in [2.75, 3.05) is 35.8 Å². The van der Waals surface area contributed by atoms with Crippen LogP contribution in [0.1, 0.15) is 0 Å². The molecule has 3 aromatic heterocycles. The second-order valence-corrected chi connectivity index (χ2v) is 29.4. The van der Waals surface area contributed by atoms with Crippen LogP contribution in [0.4, 0.5) is 34.1 Å². The summed E-state index contributed by atoms with van der Waals surface area (Å²) in [7, 11) is 6.40. The van der Waals surface area contributed by atoms with Crippen molar-refractivity contribution in [3.63, 3.8) is 0 Å². The van der Waals surface area contributed by atoms with Crippen molar-refractivity contribution < 1.29 is 0 Å². The molecule has 21 aromatic rings. The summed E-state index contributed by atoms with van der Waals surface area (Å²) in [6.07, 6.45) is 0. The van der Waals surface area contributed by atoms with Crippen molar-refractivity contribution in [3.05, 3.63) is 443 Å². The zero-order chi connectivity index (χ0) is 77.1. The van der Waals surface area contributed by atoms with Gasteiger partial charge in [-0.3, -0.25) is 0 Å². The zero-order valence-electron chi connectivity index (χ0n) is 64.3. The lowest BCUT2D eigenvalue weighted by molar-refractivity contribution is 1.17. The Bertz CT molecular complexity index is 7020. The number of para-hydroxylation sites is 6. The summed E-state index contributed by atoms with van der Waals surface area (Å²) < 4.78 is 7.13. The van der Waals surface area contributed by atoms with E-state index in [1.807, 2.05) is 0 Å². The van der Waals surface area contributed by atoms with Crippen LogP contribution in [0.25, 0.3) is 149 Å². The molecular weight excluding hydrogens is 1390 g/mol. The number of hydrogen-bond donors (Lipinski definition) is 0. The number of fused-ring (bicyclic) bond motifs is 10. The van der Waals surface area contributed by atoms with Crippen LogP contribution in [0.15, 0.2) is 443 Å². The summed E-state index contributed by atoms with van der Waals surface area (Å²) in [6.45, 7) is 0. The van der Waals surface area contributed by atoms with Crippen molar-refractivity contribution in [2.24, 2.45) is 0 Å². The van der Waals surface area contributed by atoms with Crippen LogP contribution < -0.4 is 14.7 Å². The van der Waals surface area contributed by atoms with E-state index in [1.165, 1.54) is 177 Å². The third kappa shape index (κ3) is 13.9. The molecule has 0 atom stereocenters. The Morgan fingerprint density at radius 1 is 0.148 bits per heavy atom. The molecule has 0 aliphatic heterocycles. The first-order valence-electron chi connectivity index (χ1n) is 39.4. The van der Waals surface area contributed by atoms with E-state index in [2.05, 4.69) is 492 Å². The predicted octanol–water partition coefficient (Wildman–Crippen LogP) is 29.1. The molecule has 3 heterocycles. The molecule has 0 bridgehead atoms. The summed E-state index contributed by atoms with van der Waals surface area (Å²) in [4.78, 5) is 6.74. The fourth-order valence-corrected chi connectivity index (χ4v) is 16.5. The molecule has 0 N–H and O–H groups in total. The molecule has 548 valence electrons. The first-order chi connectivity index (χ1) is 56.8. The minimum absolute atomic E-state index is 1.16. The molecule has 6 heteroatoms. The number of aromatic nitrogens is 3. The van der Waals surface area contributed by atoms with Gasteiger partial charge in [-0.1, -0.05) is 267 Å². The molecule has 6 nitrogen and oxygen atoms in total. The van der Waals surface area contributed by atoms with Gasteiger partial charge >= 0.3 is 0 Å². The summed E-state index contributed by atoms with van der Waals surface area (Å²) in [6, 6.07) is 159. The summed E-state index contributed by atoms with van der Waals surface area (Å²) >= 11 is 0. The third-order valence-corrected chi connectivity index (χ3v) is 22.6. The Hall–Kier alpha value is -15.0. The molecule has 18 aromatic carbocycles. The highest BCUT2D eigenvalue weighted by Crippen LogP contribution is 2.43. The lowest BCUT2D eigenvalue weighted by atomic mass is 9.98. The molecular formula is C109H82N6. The number of rotatable bonds is 14. The number of nitrogens with zero attached hydrogens (tertiary/aromatic N) is 6. The predicted molar refractivity (Wildman–Crippen MR) is 491 cm³/mol. The first kappa shape index (κ1) is 70.4. The number of benzene rings is 18. The van der Waals surface area contributed by atoms with Crippen molar-refractivity contribution in [2.45, 2.75) is 0 Å². The van der Waals surface area contributed by atoms with Crippen LogP contribution in [0.2, 0.25) is 0 Å². The van der Waals surface area contributed by atoms with Crippen molar-refractivity contribution in [1.29, 1.82) is 0 Å². The van der Waals surface area contributed by atoms with Gasteiger partial charge in [-0.15, -0.1) is 0 Å². The SMILES string of the molecule is CN(c1ccccc1)c1ccc2c(c1)c1cc(-c3ccc(-c4ccccc4)cc3)ccc1n2-c1ccccc1.CN(c1ccccc1)c1ccc2c(c1)c1cc(-c3ccc4ccccc4c3)ccc1n2-c1ccccc1.CN(c1ccccc1)c1ccc2c(c1)c1cc(-c3cccc(-c4ccccc4)c3)ccc1n2-c1ccccc1. The Kier molecular flexibility index (Phi) is 19.0. The van der Waals surface area contributed by atoms with Gasteiger partial charge in [-0.2, -0.15) is 0 Å². The van der Waals surface area contributed by atoms with E-state index < -0.39 is 0 Å². The maximum absolute atomic E-state index is 2.38. The largest absolute Gasteiger partial charge is 0.345 e. The fourth-order valence-electron chi connectivity index (χ4n) is 16.5. The molecule has 0 saturated heterocycles. The molecule has 0 unspecified atom stereocenters. The average molecular weight is 1480 g/mol. The van der Waals surface area contributed by atoms with E-state index >= 15 is 0 Å². The molecule has 0 aliphatic carbocycles. The minimum Gasteiger partial charge on any atom is -0.345 e. The lowest BCUT2D eigenvalue weighted by Gasteiger charge is -2.19. The Labute approximate surface area is 671 Å². The van der Waals surface area contributed by atoms with Crippen LogP contribution in [0, 0.1) is 0 Å². The molecule has 115 heavy (non-hydrogen) atoms. The van der Waals surface area contributed by atoms with E-state index in [1.54, 1.807) is 0 Å². The second-order valence-electron chi connectivity index (χ2n) is 29.4. The molecule has 0 amide bonds. The average Bonchev–Trinajstić information content (AvgIpc) is 1.60. The molecule has 0 fully saturated rings. The monoisotopic (exact) mass is 1470 g/mol. The smallest absolute Gasteiger partial charge is 0.0542 e. The van der Waals surface area contributed by atoms with Gasteiger partial charge in [0.1, 0.15) is 0 Å². The van der Waals surface area contributed by atoms with Gasteiger partial charge in [-0.25, -0.2) is 0 Å².